The quantitative estimate of drug-likeness (QED) is 0.776. The molecule has 0 radical (unpaired) electrons. The molecular formula is C20H24ClN3O3S. The number of piperazine rings is 1. The van der Waals surface area contributed by atoms with Crippen molar-refractivity contribution in [1.29, 1.82) is 0 Å². The van der Waals surface area contributed by atoms with E-state index in [0.29, 0.717) is 13.1 Å². The molecule has 2 heterocycles. The predicted octanol–water partition coefficient (Wildman–Crippen LogP) is 3.36. The van der Waals surface area contributed by atoms with E-state index in [1.165, 1.54) is 4.88 Å². The van der Waals surface area contributed by atoms with Crippen LogP contribution in [-0.2, 0) is 22.7 Å². The van der Waals surface area contributed by atoms with Crippen molar-refractivity contribution in [2.75, 3.05) is 26.2 Å². The lowest BCUT2D eigenvalue weighted by Crippen LogP contribution is -2.53. The highest BCUT2D eigenvalue weighted by Gasteiger charge is 2.26. The third kappa shape index (κ3) is 5.95. The molecule has 1 aromatic carbocycles. The number of hydrogen-bond donors (Lipinski definition) is 1. The zero-order chi connectivity index (χ0) is 19.9. The maximum Gasteiger partial charge on any atom is 0.408 e. The summed E-state index contributed by atoms with van der Waals surface area (Å²) in [6.45, 7) is 5.59. The molecule has 28 heavy (non-hydrogen) atoms. The first-order valence-corrected chi connectivity index (χ1v) is 10.4. The van der Waals surface area contributed by atoms with Crippen molar-refractivity contribution in [1.82, 2.24) is 15.1 Å². The van der Waals surface area contributed by atoms with E-state index in [9.17, 15) is 9.59 Å². The number of amides is 2. The highest BCUT2D eigenvalue weighted by Crippen LogP contribution is 2.23. The van der Waals surface area contributed by atoms with Gasteiger partial charge in [0.05, 0.1) is 4.34 Å². The molecule has 150 valence electrons. The molecule has 1 saturated heterocycles. The Morgan fingerprint density at radius 2 is 1.86 bits per heavy atom. The van der Waals surface area contributed by atoms with Crippen molar-refractivity contribution < 1.29 is 14.3 Å². The molecule has 1 aliphatic heterocycles. The lowest BCUT2D eigenvalue weighted by atomic mass is 10.2. The first-order valence-electron chi connectivity index (χ1n) is 9.24. The monoisotopic (exact) mass is 421 g/mol. The maximum atomic E-state index is 12.6. The molecule has 0 spiro atoms. The minimum atomic E-state index is -0.620. The van der Waals surface area contributed by atoms with Gasteiger partial charge in [-0.05, 0) is 24.6 Å². The number of carbonyl (C=O) groups is 2. The Labute approximate surface area is 174 Å². The molecule has 1 fully saturated rings. The van der Waals surface area contributed by atoms with Gasteiger partial charge < -0.3 is 15.0 Å². The van der Waals surface area contributed by atoms with Crippen LogP contribution in [0.5, 0.6) is 0 Å². The summed E-state index contributed by atoms with van der Waals surface area (Å²) >= 11 is 7.56. The second-order valence-corrected chi connectivity index (χ2v) is 8.53. The van der Waals surface area contributed by atoms with Crippen LogP contribution in [0.25, 0.3) is 0 Å². The fourth-order valence-corrected chi connectivity index (χ4v) is 4.19. The highest BCUT2D eigenvalue weighted by molar-refractivity contribution is 7.16. The van der Waals surface area contributed by atoms with Gasteiger partial charge >= 0.3 is 6.09 Å². The van der Waals surface area contributed by atoms with Crippen molar-refractivity contribution >= 4 is 34.9 Å². The van der Waals surface area contributed by atoms with Crippen LogP contribution < -0.4 is 5.32 Å². The van der Waals surface area contributed by atoms with Gasteiger partial charge in [0.2, 0.25) is 5.91 Å². The molecular weight excluding hydrogens is 398 g/mol. The predicted molar refractivity (Wildman–Crippen MR) is 110 cm³/mol. The molecule has 0 bridgehead atoms. The van der Waals surface area contributed by atoms with Gasteiger partial charge in [-0.15, -0.1) is 11.3 Å². The summed E-state index contributed by atoms with van der Waals surface area (Å²) < 4.78 is 5.98. The Morgan fingerprint density at radius 3 is 2.50 bits per heavy atom. The van der Waals surface area contributed by atoms with Crippen molar-refractivity contribution in [3.63, 3.8) is 0 Å². The minimum absolute atomic E-state index is 0.0875. The molecule has 3 rings (SSSR count). The number of nitrogens with one attached hydrogen (secondary N) is 1. The third-order valence-corrected chi connectivity index (χ3v) is 5.83. The molecule has 0 unspecified atom stereocenters. The summed E-state index contributed by atoms with van der Waals surface area (Å²) in [5.74, 6) is -0.0875. The molecule has 6 nitrogen and oxygen atoms in total. The molecule has 0 saturated carbocycles. The Bertz CT molecular complexity index is 791. The van der Waals surface area contributed by atoms with E-state index in [0.717, 1.165) is 29.5 Å². The number of alkyl carbamates (subject to hydrolysis) is 1. The number of carbonyl (C=O) groups excluding carboxylic acids is 2. The standard InChI is InChI=1S/C20H24ClN3O3S/c1-15(22-20(26)27-14-16-5-3-2-4-6-16)19(25)24-11-9-23(10-12-24)13-17-7-8-18(21)28-17/h2-8,15H,9-14H2,1H3,(H,22,26)/t15-/m0/s1. The Hall–Kier alpha value is -2.09. The number of benzene rings is 1. The van der Waals surface area contributed by atoms with Gasteiger partial charge in [-0.25, -0.2) is 4.79 Å². The van der Waals surface area contributed by atoms with Crippen LogP contribution in [0.4, 0.5) is 4.79 Å². The van der Waals surface area contributed by atoms with E-state index in [2.05, 4.69) is 10.2 Å². The molecule has 2 amide bonds. The van der Waals surface area contributed by atoms with Gasteiger partial charge in [-0.3, -0.25) is 9.69 Å². The molecule has 1 aromatic heterocycles. The van der Waals surface area contributed by atoms with Gasteiger partial charge in [0.15, 0.2) is 0 Å². The smallest absolute Gasteiger partial charge is 0.408 e. The number of rotatable bonds is 6. The highest BCUT2D eigenvalue weighted by atomic mass is 35.5. The van der Waals surface area contributed by atoms with Gasteiger partial charge in [0, 0.05) is 37.6 Å². The van der Waals surface area contributed by atoms with Crippen LogP contribution in [0.3, 0.4) is 0 Å². The summed E-state index contributed by atoms with van der Waals surface area (Å²) in [5, 5.41) is 2.62. The van der Waals surface area contributed by atoms with Crippen molar-refractivity contribution in [2.45, 2.75) is 26.1 Å². The zero-order valence-corrected chi connectivity index (χ0v) is 17.3. The lowest BCUT2D eigenvalue weighted by molar-refractivity contribution is -0.134. The molecule has 1 N–H and O–H groups in total. The summed E-state index contributed by atoms with van der Waals surface area (Å²) in [6.07, 6.45) is -0.585. The average Bonchev–Trinajstić information content (AvgIpc) is 3.12. The average molecular weight is 422 g/mol. The van der Waals surface area contributed by atoms with E-state index < -0.39 is 12.1 Å². The Morgan fingerprint density at radius 1 is 1.14 bits per heavy atom. The fourth-order valence-electron chi connectivity index (χ4n) is 3.06. The molecule has 1 aliphatic rings. The van der Waals surface area contributed by atoms with E-state index >= 15 is 0 Å². The fraction of sp³-hybridized carbons (Fsp3) is 0.400. The normalized spacial score (nSPS) is 15.9. The maximum absolute atomic E-state index is 12.6. The van der Waals surface area contributed by atoms with Crippen LogP contribution >= 0.6 is 22.9 Å². The van der Waals surface area contributed by atoms with Gasteiger partial charge in [0.25, 0.3) is 0 Å². The van der Waals surface area contributed by atoms with Crippen molar-refractivity contribution in [3.8, 4) is 0 Å². The second kappa shape index (κ2) is 9.91. The van der Waals surface area contributed by atoms with Gasteiger partial charge in [-0.2, -0.15) is 0 Å². The van der Waals surface area contributed by atoms with E-state index in [1.54, 1.807) is 23.2 Å². The summed E-state index contributed by atoms with van der Waals surface area (Å²) in [5.41, 5.74) is 0.903. The lowest BCUT2D eigenvalue weighted by Gasteiger charge is -2.35. The van der Waals surface area contributed by atoms with Gasteiger partial charge in [0.1, 0.15) is 12.6 Å². The number of ether oxygens (including phenoxy) is 1. The molecule has 8 heteroatoms. The first-order chi connectivity index (χ1) is 13.5. The number of hydrogen-bond acceptors (Lipinski definition) is 5. The van der Waals surface area contributed by atoms with E-state index in [1.807, 2.05) is 42.5 Å². The second-order valence-electron chi connectivity index (χ2n) is 6.74. The summed E-state index contributed by atoms with van der Waals surface area (Å²) in [4.78, 5) is 29.9. The molecule has 1 atom stereocenters. The van der Waals surface area contributed by atoms with Crippen LogP contribution in [0.1, 0.15) is 17.4 Å². The summed E-state index contributed by atoms with van der Waals surface area (Å²) in [6, 6.07) is 12.8. The minimum Gasteiger partial charge on any atom is -0.445 e. The Kier molecular flexibility index (Phi) is 7.30. The van der Waals surface area contributed by atoms with Crippen LogP contribution in [0.15, 0.2) is 42.5 Å². The number of halogens is 1. The molecule has 0 aliphatic carbocycles. The zero-order valence-electron chi connectivity index (χ0n) is 15.8. The van der Waals surface area contributed by atoms with Crippen LogP contribution in [0.2, 0.25) is 4.34 Å². The number of nitrogens with zero attached hydrogens (tertiary/aromatic N) is 2. The summed E-state index contributed by atoms with van der Waals surface area (Å²) in [7, 11) is 0. The Balaban J connectivity index is 1.39. The first kappa shape index (κ1) is 20.6. The SMILES string of the molecule is C[C@H](NC(=O)OCc1ccccc1)C(=O)N1CCN(Cc2ccc(Cl)s2)CC1. The van der Waals surface area contributed by atoms with Gasteiger partial charge in [-0.1, -0.05) is 41.9 Å². The largest absolute Gasteiger partial charge is 0.445 e. The van der Waals surface area contributed by atoms with Crippen molar-refractivity contribution in [3.05, 3.63) is 57.2 Å². The van der Waals surface area contributed by atoms with Crippen molar-refractivity contribution in [2.24, 2.45) is 0 Å². The van der Waals surface area contributed by atoms with E-state index in [4.69, 9.17) is 16.3 Å². The van der Waals surface area contributed by atoms with E-state index in [-0.39, 0.29) is 12.5 Å². The topological polar surface area (TPSA) is 61.9 Å². The van der Waals surface area contributed by atoms with Crippen LogP contribution in [-0.4, -0.2) is 54.0 Å². The molecule has 2 aromatic rings. The number of thiophene rings is 1. The van der Waals surface area contributed by atoms with Crippen LogP contribution in [0, 0.1) is 0 Å². The third-order valence-electron chi connectivity index (χ3n) is 4.61.